The first-order valence-electron chi connectivity index (χ1n) is 8.49. The monoisotopic (exact) mass is 367 g/mol. The molecule has 6 heteroatoms. The molecule has 0 bridgehead atoms. The summed E-state index contributed by atoms with van der Waals surface area (Å²) >= 11 is 1.68. The molecule has 0 radical (unpaired) electrons. The number of nitrogens with two attached hydrogens (primary N) is 1. The van der Waals surface area contributed by atoms with E-state index in [0.29, 0.717) is 35.1 Å². The number of nitrogens with zero attached hydrogens (tertiary/aromatic N) is 2. The van der Waals surface area contributed by atoms with Crippen molar-refractivity contribution in [3.8, 4) is 0 Å². The molecule has 0 spiro atoms. The molecule has 26 heavy (non-hydrogen) atoms. The first kappa shape index (κ1) is 18.4. The molecule has 0 aliphatic heterocycles. The summed E-state index contributed by atoms with van der Waals surface area (Å²) in [5.41, 5.74) is 7.79. The maximum atomic E-state index is 12.6. The van der Waals surface area contributed by atoms with E-state index in [0.717, 1.165) is 11.3 Å². The summed E-state index contributed by atoms with van der Waals surface area (Å²) in [7, 11) is 0. The summed E-state index contributed by atoms with van der Waals surface area (Å²) < 4.78 is 5.41. The van der Waals surface area contributed by atoms with Gasteiger partial charge >= 0.3 is 0 Å². The summed E-state index contributed by atoms with van der Waals surface area (Å²) in [4.78, 5) is 17.1. The highest BCUT2D eigenvalue weighted by Gasteiger charge is 2.18. The average Bonchev–Trinajstić information content (AvgIpc) is 3.17. The topological polar surface area (TPSA) is 82.0 Å². The first-order valence-corrected chi connectivity index (χ1v) is 9.64. The van der Waals surface area contributed by atoms with Crippen LogP contribution < -0.4 is 5.73 Å². The van der Waals surface area contributed by atoms with Crippen LogP contribution in [0.4, 0.5) is 0 Å². The number of rotatable bonds is 8. The van der Waals surface area contributed by atoms with E-state index in [1.54, 1.807) is 11.8 Å². The zero-order valence-corrected chi connectivity index (χ0v) is 15.4. The van der Waals surface area contributed by atoms with Gasteiger partial charge in [0.1, 0.15) is 0 Å². The van der Waals surface area contributed by atoms with Crippen LogP contribution in [0.3, 0.4) is 0 Å². The van der Waals surface area contributed by atoms with Crippen molar-refractivity contribution in [1.82, 2.24) is 10.1 Å². The molecule has 0 aliphatic carbocycles. The molecule has 2 N–H and O–H groups in total. The summed E-state index contributed by atoms with van der Waals surface area (Å²) in [6.45, 7) is 2.63. The fraction of sp³-hybridized carbons (Fsp3) is 0.250. The fourth-order valence-electron chi connectivity index (χ4n) is 2.60. The molecule has 0 aliphatic rings. The lowest BCUT2D eigenvalue weighted by atomic mass is 9.95. The lowest BCUT2D eigenvalue weighted by molar-refractivity contribution is 0.103. The Labute approximate surface area is 157 Å². The molecule has 134 valence electrons. The molecule has 3 aromatic rings. The van der Waals surface area contributed by atoms with E-state index in [4.69, 9.17) is 10.3 Å². The van der Waals surface area contributed by atoms with E-state index in [-0.39, 0.29) is 11.7 Å². The molecule has 1 heterocycles. The highest BCUT2D eigenvalue weighted by Crippen LogP contribution is 2.25. The molecule has 0 saturated heterocycles. The third-order valence-electron chi connectivity index (χ3n) is 4.03. The number of ketones is 1. The highest BCUT2D eigenvalue weighted by atomic mass is 32.2. The number of carbonyl (C=O) groups excluding carboxylic acids is 1. The summed E-state index contributed by atoms with van der Waals surface area (Å²) in [6.07, 6.45) is 0. The van der Waals surface area contributed by atoms with Crippen LogP contribution in [-0.4, -0.2) is 28.2 Å². The van der Waals surface area contributed by atoms with Gasteiger partial charge in [-0.15, -0.1) is 0 Å². The molecule has 1 aromatic heterocycles. The van der Waals surface area contributed by atoms with Gasteiger partial charge in [0, 0.05) is 23.4 Å². The van der Waals surface area contributed by atoms with Crippen LogP contribution in [-0.2, 0) is 5.75 Å². The maximum absolute atomic E-state index is 12.6. The van der Waals surface area contributed by atoms with Crippen LogP contribution in [0.5, 0.6) is 0 Å². The summed E-state index contributed by atoms with van der Waals surface area (Å²) in [5.74, 6) is 2.69. The summed E-state index contributed by atoms with van der Waals surface area (Å²) in [6, 6.07) is 16.8. The van der Waals surface area contributed by atoms with Gasteiger partial charge in [0.15, 0.2) is 11.6 Å². The molecule has 0 saturated carbocycles. The Bertz CT molecular complexity index is 864. The van der Waals surface area contributed by atoms with Crippen molar-refractivity contribution in [2.45, 2.75) is 18.6 Å². The quantitative estimate of drug-likeness (QED) is 0.483. The molecule has 1 unspecified atom stereocenters. The second-order valence-electron chi connectivity index (χ2n) is 5.93. The van der Waals surface area contributed by atoms with E-state index >= 15 is 0 Å². The number of carbonyl (C=O) groups is 1. The van der Waals surface area contributed by atoms with Crippen molar-refractivity contribution in [3.63, 3.8) is 0 Å². The maximum Gasteiger partial charge on any atom is 0.233 e. The van der Waals surface area contributed by atoms with Crippen molar-refractivity contribution in [3.05, 3.63) is 83.0 Å². The lowest BCUT2D eigenvalue weighted by Crippen LogP contribution is -2.04. The number of aromatic nitrogens is 2. The third kappa shape index (κ3) is 4.39. The Morgan fingerprint density at radius 2 is 1.92 bits per heavy atom. The van der Waals surface area contributed by atoms with Gasteiger partial charge in [-0.2, -0.15) is 16.7 Å². The van der Waals surface area contributed by atoms with E-state index < -0.39 is 0 Å². The zero-order chi connectivity index (χ0) is 18.4. The SMILES string of the molecule is CC(c1cccc(C(=O)c2ccccc2)c1)c1nc(CSCCN)no1. The van der Waals surface area contributed by atoms with Gasteiger partial charge in [0.05, 0.1) is 11.7 Å². The minimum absolute atomic E-state index is 0.00375. The van der Waals surface area contributed by atoms with Gasteiger partial charge in [-0.25, -0.2) is 0 Å². The molecule has 2 aromatic carbocycles. The smallest absolute Gasteiger partial charge is 0.233 e. The Balaban J connectivity index is 1.76. The Kier molecular flexibility index (Phi) is 6.20. The van der Waals surface area contributed by atoms with Crippen LogP contribution in [0.25, 0.3) is 0 Å². The number of thioether (sulfide) groups is 1. The largest absolute Gasteiger partial charge is 0.339 e. The Morgan fingerprint density at radius 3 is 2.69 bits per heavy atom. The van der Waals surface area contributed by atoms with Crippen molar-refractivity contribution >= 4 is 17.5 Å². The van der Waals surface area contributed by atoms with E-state index in [1.807, 2.05) is 61.5 Å². The van der Waals surface area contributed by atoms with E-state index in [9.17, 15) is 4.79 Å². The predicted molar refractivity (Wildman–Crippen MR) is 103 cm³/mol. The van der Waals surface area contributed by atoms with Gasteiger partial charge in [-0.1, -0.05) is 53.7 Å². The van der Waals surface area contributed by atoms with Gasteiger partial charge in [-0.3, -0.25) is 4.79 Å². The van der Waals surface area contributed by atoms with Gasteiger partial charge in [0.25, 0.3) is 0 Å². The van der Waals surface area contributed by atoms with E-state index in [2.05, 4.69) is 10.1 Å². The van der Waals surface area contributed by atoms with Crippen molar-refractivity contribution in [2.24, 2.45) is 5.73 Å². The van der Waals surface area contributed by atoms with Crippen LogP contribution in [0.2, 0.25) is 0 Å². The molecule has 1 atom stereocenters. The van der Waals surface area contributed by atoms with Gasteiger partial charge in [0.2, 0.25) is 5.89 Å². The minimum Gasteiger partial charge on any atom is -0.339 e. The zero-order valence-electron chi connectivity index (χ0n) is 14.6. The highest BCUT2D eigenvalue weighted by molar-refractivity contribution is 7.98. The van der Waals surface area contributed by atoms with Gasteiger partial charge < -0.3 is 10.3 Å². The number of hydrogen-bond acceptors (Lipinski definition) is 6. The molecular weight excluding hydrogens is 346 g/mol. The van der Waals surface area contributed by atoms with E-state index in [1.165, 1.54) is 0 Å². The van der Waals surface area contributed by atoms with Gasteiger partial charge in [-0.05, 0) is 18.6 Å². The number of benzene rings is 2. The normalized spacial score (nSPS) is 12.1. The number of hydrogen-bond donors (Lipinski definition) is 1. The van der Waals surface area contributed by atoms with Crippen molar-refractivity contribution < 1.29 is 9.32 Å². The average molecular weight is 367 g/mol. The molecule has 5 nitrogen and oxygen atoms in total. The fourth-order valence-corrected chi connectivity index (χ4v) is 3.21. The third-order valence-corrected chi connectivity index (χ3v) is 5.02. The minimum atomic E-state index is -0.0840. The molecule has 3 rings (SSSR count). The Hall–Kier alpha value is -2.44. The molecule has 0 amide bonds. The molecular formula is C20H21N3O2S. The molecule has 0 fully saturated rings. The van der Waals surface area contributed by atoms with Crippen LogP contribution in [0.15, 0.2) is 59.1 Å². The second-order valence-corrected chi connectivity index (χ2v) is 7.04. The van der Waals surface area contributed by atoms with Crippen LogP contribution >= 0.6 is 11.8 Å². The van der Waals surface area contributed by atoms with Crippen molar-refractivity contribution in [1.29, 1.82) is 0 Å². The summed E-state index contributed by atoms with van der Waals surface area (Å²) in [5, 5.41) is 4.03. The van der Waals surface area contributed by atoms with Crippen molar-refractivity contribution in [2.75, 3.05) is 12.3 Å². The Morgan fingerprint density at radius 1 is 1.15 bits per heavy atom. The van der Waals surface area contributed by atoms with Crippen LogP contribution in [0, 0.1) is 0 Å². The standard InChI is InChI=1S/C20H21N3O2S/c1-14(20-22-18(23-25-20)13-26-11-10-21)16-8-5-9-17(12-16)19(24)15-6-3-2-4-7-15/h2-9,12,14H,10-11,13,21H2,1H3. The second kappa shape index (κ2) is 8.78. The lowest BCUT2D eigenvalue weighted by Gasteiger charge is -2.09. The predicted octanol–water partition coefficient (Wildman–Crippen LogP) is 3.64. The first-order chi connectivity index (χ1) is 12.7. The van der Waals surface area contributed by atoms with Crippen LogP contribution in [0.1, 0.15) is 46.0 Å².